The molecule has 0 unspecified atom stereocenters. The Morgan fingerprint density at radius 2 is 1.82 bits per heavy atom. The van der Waals surface area contributed by atoms with E-state index in [1.807, 2.05) is 52.0 Å². The average Bonchev–Trinajstić information content (AvgIpc) is 2.87. The maximum Gasteiger partial charge on any atom is 0.261 e. The fourth-order valence-electron chi connectivity index (χ4n) is 2.62. The third-order valence-corrected chi connectivity index (χ3v) is 3.74. The predicted octanol–water partition coefficient (Wildman–Crippen LogP) is 3.22. The van der Waals surface area contributed by atoms with Crippen molar-refractivity contribution < 1.29 is 4.79 Å². The van der Waals surface area contributed by atoms with Gasteiger partial charge in [-0.15, -0.1) is 0 Å². The van der Waals surface area contributed by atoms with Gasteiger partial charge in [-0.05, 0) is 44.9 Å². The third kappa shape index (κ3) is 2.35. The van der Waals surface area contributed by atoms with Crippen LogP contribution >= 0.6 is 0 Å². The molecule has 1 aromatic carbocycles. The first-order valence-electron chi connectivity index (χ1n) is 7.17. The summed E-state index contributed by atoms with van der Waals surface area (Å²) in [5.74, 6) is -0.190. The van der Waals surface area contributed by atoms with Crippen LogP contribution in [-0.2, 0) is 0 Å². The van der Waals surface area contributed by atoms with Crippen LogP contribution in [0, 0.1) is 27.7 Å². The van der Waals surface area contributed by atoms with Gasteiger partial charge in [-0.25, -0.2) is 9.50 Å². The lowest BCUT2D eigenvalue weighted by Gasteiger charge is -2.10. The number of aryl methyl sites for hydroxylation is 4. The van der Waals surface area contributed by atoms with E-state index in [4.69, 9.17) is 0 Å². The van der Waals surface area contributed by atoms with Crippen LogP contribution in [0.1, 0.15) is 32.9 Å². The summed E-state index contributed by atoms with van der Waals surface area (Å²) in [4.78, 5) is 17.1. The first kappa shape index (κ1) is 14.3. The number of carbonyl (C=O) groups excluding carboxylic acids is 1. The lowest BCUT2D eigenvalue weighted by Crippen LogP contribution is -2.14. The van der Waals surface area contributed by atoms with Gasteiger partial charge in [0.1, 0.15) is 5.56 Å². The summed E-state index contributed by atoms with van der Waals surface area (Å²) in [5, 5.41) is 7.24. The topological polar surface area (TPSA) is 59.3 Å². The van der Waals surface area contributed by atoms with E-state index in [0.717, 1.165) is 28.2 Å². The molecule has 1 amide bonds. The van der Waals surface area contributed by atoms with Crippen LogP contribution in [0.5, 0.6) is 0 Å². The number of amides is 1. The average molecular weight is 294 g/mol. The molecule has 0 aliphatic heterocycles. The van der Waals surface area contributed by atoms with E-state index in [1.165, 1.54) is 0 Å². The molecule has 0 saturated heterocycles. The van der Waals surface area contributed by atoms with E-state index < -0.39 is 0 Å². The third-order valence-electron chi connectivity index (χ3n) is 3.74. The van der Waals surface area contributed by atoms with E-state index in [1.54, 1.807) is 10.7 Å². The Morgan fingerprint density at radius 1 is 1.14 bits per heavy atom. The highest BCUT2D eigenvalue weighted by atomic mass is 16.1. The minimum Gasteiger partial charge on any atom is -0.321 e. The maximum atomic E-state index is 12.6. The van der Waals surface area contributed by atoms with Gasteiger partial charge in [0.25, 0.3) is 5.91 Å². The first-order chi connectivity index (χ1) is 10.5. The zero-order chi connectivity index (χ0) is 15.9. The van der Waals surface area contributed by atoms with E-state index in [9.17, 15) is 4.79 Å². The van der Waals surface area contributed by atoms with Crippen molar-refractivity contribution >= 4 is 17.2 Å². The fourth-order valence-corrected chi connectivity index (χ4v) is 2.62. The molecule has 0 aliphatic carbocycles. The van der Waals surface area contributed by atoms with Crippen LogP contribution < -0.4 is 5.32 Å². The van der Waals surface area contributed by atoms with E-state index in [0.29, 0.717) is 11.2 Å². The van der Waals surface area contributed by atoms with Crippen molar-refractivity contribution in [2.24, 2.45) is 0 Å². The van der Waals surface area contributed by atoms with Crippen LogP contribution in [0.15, 0.2) is 30.5 Å². The SMILES string of the molecule is Cc1cc(C)n2ncc(C(=O)Nc3c(C)cccc3C)c2n1. The second-order valence-corrected chi connectivity index (χ2v) is 5.55. The van der Waals surface area contributed by atoms with Crippen molar-refractivity contribution in [3.8, 4) is 0 Å². The molecule has 0 fully saturated rings. The number of para-hydroxylation sites is 1. The highest BCUT2D eigenvalue weighted by Crippen LogP contribution is 2.21. The van der Waals surface area contributed by atoms with Gasteiger partial charge in [0.15, 0.2) is 5.65 Å². The highest BCUT2D eigenvalue weighted by molar-refractivity contribution is 6.08. The summed E-state index contributed by atoms with van der Waals surface area (Å²) in [6.07, 6.45) is 1.57. The number of fused-ring (bicyclic) bond motifs is 1. The number of hydrogen-bond donors (Lipinski definition) is 1. The molecule has 0 atom stereocenters. The van der Waals surface area contributed by atoms with Gasteiger partial charge < -0.3 is 5.32 Å². The van der Waals surface area contributed by atoms with Crippen molar-refractivity contribution in [1.29, 1.82) is 0 Å². The summed E-state index contributed by atoms with van der Waals surface area (Å²) in [6, 6.07) is 7.87. The second kappa shape index (κ2) is 5.26. The van der Waals surface area contributed by atoms with Gasteiger partial charge in [0.05, 0.1) is 6.20 Å². The van der Waals surface area contributed by atoms with E-state index in [-0.39, 0.29) is 5.91 Å². The minimum atomic E-state index is -0.190. The standard InChI is InChI=1S/C17H18N4O/c1-10-6-5-7-11(2)15(10)20-17(22)14-9-18-21-13(4)8-12(3)19-16(14)21/h5-9H,1-4H3,(H,20,22). The molecule has 2 aromatic heterocycles. The number of nitrogens with zero attached hydrogens (tertiary/aromatic N) is 3. The van der Waals surface area contributed by atoms with Gasteiger partial charge in [0.2, 0.25) is 0 Å². The van der Waals surface area contributed by atoms with Gasteiger partial charge in [-0.1, -0.05) is 18.2 Å². The Kier molecular flexibility index (Phi) is 3.41. The molecule has 1 N–H and O–H groups in total. The first-order valence-corrected chi connectivity index (χ1v) is 7.17. The summed E-state index contributed by atoms with van der Waals surface area (Å²) in [7, 11) is 0. The van der Waals surface area contributed by atoms with Crippen molar-refractivity contribution in [1.82, 2.24) is 14.6 Å². The molecule has 0 aliphatic rings. The summed E-state index contributed by atoms with van der Waals surface area (Å²) < 4.78 is 1.69. The molecule has 2 heterocycles. The molecule has 22 heavy (non-hydrogen) atoms. The molecule has 5 heteroatoms. The summed E-state index contributed by atoms with van der Waals surface area (Å²) in [6.45, 7) is 7.81. The number of benzene rings is 1. The van der Waals surface area contributed by atoms with Gasteiger partial charge in [0, 0.05) is 17.1 Å². The fraction of sp³-hybridized carbons (Fsp3) is 0.235. The minimum absolute atomic E-state index is 0.190. The van der Waals surface area contributed by atoms with Crippen LogP contribution in [0.25, 0.3) is 5.65 Å². The van der Waals surface area contributed by atoms with Crippen molar-refractivity contribution in [3.63, 3.8) is 0 Å². The normalized spacial score (nSPS) is 10.9. The lowest BCUT2D eigenvalue weighted by atomic mass is 10.1. The van der Waals surface area contributed by atoms with Crippen LogP contribution in [0.3, 0.4) is 0 Å². The Bertz CT molecular complexity index is 859. The number of anilines is 1. The maximum absolute atomic E-state index is 12.6. The van der Waals surface area contributed by atoms with Crippen molar-refractivity contribution in [2.75, 3.05) is 5.32 Å². The molecule has 0 spiro atoms. The quantitative estimate of drug-likeness (QED) is 0.789. The summed E-state index contributed by atoms with van der Waals surface area (Å²) >= 11 is 0. The van der Waals surface area contributed by atoms with Crippen LogP contribution in [0.4, 0.5) is 5.69 Å². The Hall–Kier alpha value is -2.69. The van der Waals surface area contributed by atoms with E-state index >= 15 is 0 Å². The predicted molar refractivity (Wildman–Crippen MR) is 86.3 cm³/mol. The van der Waals surface area contributed by atoms with Crippen molar-refractivity contribution in [3.05, 3.63) is 58.5 Å². The Morgan fingerprint density at radius 3 is 2.50 bits per heavy atom. The number of nitrogens with one attached hydrogen (secondary N) is 1. The van der Waals surface area contributed by atoms with Gasteiger partial charge >= 0.3 is 0 Å². The number of rotatable bonds is 2. The molecule has 5 nitrogen and oxygen atoms in total. The van der Waals surface area contributed by atoms with Crippen LogP contribution in [0.2, 0.25) is 0 Å². The van der Waals surface area contributed by atoms with E-state index in [2.05, 4.69) is 15.4 Å². The van der Waals surface area contributed by atoms with Gasteiger partial charge in [-0.2, -0.15) is 5.10 Å². The Labute approximate surface area is 129 Å². The molecule has 112 valence electrons. The zero-order valence-electron chi connectivity index (χ0n) is 13.1. The molecule has 3 rings (SSSR count). The lowest BCUT2D eigenvalue weighted by molar-refractivity contribution is 0.102. The number of hydrogen-bond acceptors (Lipinski definition) is 3. The molecule has 3 aromatic rings. The van der Waals surface area contributed by atoms with Crippen LogP contribution in [-0.4, -0.2) is 20.5 Å². The molecule has 0 bridgehead atoms. The largest absolute Gasteiger partial charge is 0.321 e. The number of carbonyl (C=O) groups is 1. The van der Waals surface area contributed by atoms with Gasteiger partial charge in [-0.3, -0.25) is 4.79 Å². The summed E-state index contributed by atoms with van der Waals surface area (Å²) in [5.41, 5.74) is 5.79. The van der Waals surface area contributed by atoms with Crippen molar-refractivity contribution in [2.45, 2.75) is 27.7 Å². The molecule has 0 saturated carbocycles. The number of aromatic nitrogens is 3. The Balaban J connectivity index is 2.03. The smallest absolute Gasteiger partial charge is 0.261 e. The zero-order valence-corrected chi connectivity index (χ0v) is 13.1. The monoisotopic (exact) mass is 294 g/mol. The molecular weight excluding hydrogens is 276 g/mol. The molecule has 0 radical (unpaired) electrons. The second-order valence-electron chi connectivity index (χ2n) is 5.55. The molecular formula is C17H18N4O. The highest BCUT2D eigenvalue weighted by Gasteiger charge is 2.17.